The van der Waals surface area contributed by atoms with Gasteiger partial charge in [-0.15, -0.1) is 0 Å². The number of hydrogen-bond donors (Lipinski definition) is 0. The van der Waals surface area contributed by atoms with Crippen molar-refractivity contribution in [3.8, 4) is 0 Å². The Morgan fingerprint density at radius 3 is 2.25 bits per heavy atom. The summed E-state index contributed by atoms with van der Waals surface area (Å²) in [4.78, 5) is 0. The molecule has 3 nitrogen and oxygen atoms in total. The maximum atomic E-state index is 10.6. The van der Waals surface area contributed by atoms with Crippen molar-refractivity contribution in [1.82, 2.24) is 0 Å². The summed E-state index contributed by atoms with van der Waals surface area (Å²) < 4.78 is 26.7. The van der Waals surface area contributed by atoms with Crippen LogP contribution in [0.15, 0.2) is 0 Å². The second kappa shape index (κ2) is 9.25. The molecule has 98 valence electrons. The smallest absolute Gasteiger partial charge is 0.232 e. The van der Waals surface area contributed by atoms with Crippen LogP contribution in [0, 0.1) is 5.92 Å². The number of ether oxygens (including phenoxy) is 1. The molecule has 0 aromatic carbocycles. The Bertz CT molecular complexity index is 250. The summed E-state index contributed by atoms with van der Waals surface area (Å²) in [5.74, 6) is 0.775. The molecular weight excluding hydrogens is 248 g/mol. The highest BCUT2D eigenvalue weighted by atomic mass is 35.7. The van der Waals surface area contributed by atoms with E-state index in [1.807, 2.05) is 0 Å². The molecule has 0 fully saturated rings. The maximum Gasteiger partial charge on any atom is 0.232 e. The van der Waals surface area contributed by atoms with E-state index in [-0.39, 0.29) is 5.75 Å². The molecule has 0 bridgehead atoms. The van der Waals surface area contributed by atoms with Crippen molar-refractivity contribution in [3.05, 3.63) is 0 Å². The summed E-state index contributed by atoms with van der Waals surface area (Å²) in [7, 11) is 1.80. The minimum Gasteiger partial charge on any atom is -0.381 e. The van der Waals surface area contributed by atoms with E-state index in [1.54, 1.807) is 0 Å². The number of rotatable bonds is 10. The predicted molar refractivity (Wildman–Crippen MR) is 68.4 cm³/mol. The fraction of sp³-hybridized carbons (Fsp3) is 1.00. The first-order valence-electron chi connectivity index (χ1n) is 5.92. The molecule has 0 unspecified atom stereocenters. The second-order valence-electron chi connectivity index (χ2n) is 4.45. The van der Waals surface area contributed by atoms with E-state index in [0.717, 1.165) is 38.9 Å². The van der Waals surface area contributed by atoms with E-state index in [1.165, 1.54) is 0 Å². The van der Waals surface area contributed by atoms with Gasteiger partial charge in [0.2, 0.25) is 9.05 Å². The topological polar surface area (TPSA) is 43.4 Å². The highest BCUT2D eigenvalue weighted by Gasteiger charge is 2.03. The lowest BCUT2D eigenvalue weighted by atomic mass is 10.1. The van der Waals surface area contributed by atoms with Crippen molar-refractivity contribution >= 4 is 19.7 Å². The molecule has 0 aromatic rings. The number of hydrogen-bond acceptors (Lipinski definition) is 3. The van der Waals surface area contributed by atoms with Gasteiger partial charge in [0.1, 0.15) is 0 Å². The van der Waals surface area contributed by atoms with Gasteiger partial charge in [0.05, 0.1) is 5.75 Å². The fourth-order valence-electron chi connectivity index (χ4n) is 1.25. The second-order valence-corrected chi connectivity index (χ2v) is 7.35. The van der Waals surface area contributed by atoms with Crippen LogP contribution in [-0.4, -0.2) is 27.4 Å². The Labute approximate surface area is 104 Å². The van der Waals surface area contributed by atoms with Crippen LogP contribution in [0.25, 0.3) is 0 Å². The minimum absolute atomic E-state index is 0.0861. The molecule has 0 rings (SSSR count). The summed E-state index contributed by atoms with van der Waals surface area (Å²) in [6.07, 6.45) is 4.66. The molecule has 0 heterocycles. The first-order valence-corrected chi connectivity index (χ1v) is 8.40. The molecule has 0 saturated heterocycles. The Kier molecular flexibility index (Phi) is 9.37. The van der Waals surface area contributed by atoms with Crippen molar-refractivity contribution < 1.29 is 13.2 Å². The zero-order valence-corrected chi connectivity index (χ0v) is 11.8. The standard InChI is InChI=1S/C11H23ClO3S/c1-11(2)7-9-15-8-5-3-4-6-10-16(12,13)14/h11H,3-10H2,1-2H3. The summed E-state index contributed by atoms with van der Waals surface area (Å²) in [6, 6.07) is 0. The molecule has 0 aliphatic heterocycles. The van der Waals surface area contributed by atoms with E-state index < -0.39 is 9.05 Å². The van der Waals surface area contributed by atoms with Gasteiger partial charge < -0.3 is 4.74 Å². The van der Waals surface area contributed by atoms with Gasteiger partial charge in [-0.05, 0) is 25.2 Å². The van der Waals surface area contributed by atoms with Crippen LogP contribution in [0.2, 0.25) is 0 Å². The van der Waals surface area contributed by atoms with Crippen molar-refractivity contribution in [3.63, 3.8) is 0 Å². The van der Waals surface area contributed by atoms with Crippen LogP contribution >= 0.6 is 10.7 Å². The van der Waals surface area contributed by atoms with Gasteiger partial charge in [0, 0.05) is 23.9 Å². The zero-order valence-electron chi connectivity index (χ0n) is 10.2. The fourth-order valence-corrected chi connectivity index (χ4v) is 2.13. The van der Waals surface area contributed by atoms with E-state index in [9.17, 15) is 8.42 Å². The maximum absolute atomic E-state index is 10.6. The lowest BCUT2D eigenvalue weighted by Crippen LogP contribution is -2.01. The SMILES string of the molecule is CC(C)CCOCCCCCCS(=O)(=O)Cl. The third-order valence-electron chi connectivity index (χ3n) is 2.27. The molecule has 0 radical (unpaired) electrons. The van der Waals surface area contributed by atoms with Gasteiger partial charge in [-0.25, -0.2) is 8.42 Å². The van der Waals surface area contributed by atoms with Crippen LogP contribution in [-0.2, 0) is 13.8 Å². The van der Waals surface area contributed by atoms with Crippen LogP contribution < -0.4 is 0 Å². The van der Waals surface area contributed by atoms with Gasteiger partial charge in [0.25, 0.3) is 0 Å². The Morgan fingerprint density at radius 2 is 1.69 bits per heavy atom. The van der Waals surface area contributed by atoms with E-state index in [2.05, 4.69) is 13.8 Å². The van der Waals surface area contributed by atoms with Gasteiger partial charge in [-0.3, -0.25) is 0 Å². The summed E-state index contributed by atoms with van der Waals surface area (Å²) in [5, 5.41) is 0. The van der Waals surface area contributed by atoms with Crippen LogP contribution in [0.4, 0.5) is 0 Å². The molecule has 5 heteroatoms. The van der Waals surface area contributed by atoms with Crippen molar-refractivity contribution in [2.75, 3.05) is 19.0 Å². The highest BCUT2D eigenvalue weighted by Crippen LogP contribution is 2.06. The molecule has 16 heavy (non-hydrogen) atoms. The van der Waals surface area contributed by atoms with Crippen molar-refractivity contribution in [2.45, 2.75) is 46.0 Å². The first-order chi connectivity index (χ1) is 7.42. The van der Waals surface area contributed by atoms with Crippen molar-refractivity contribution in [2.24, 2.45) is 5.92 Å². The summed E-state index contributed by atoms with van der Waals surface area (Å²) in [5.41, 5.74) is 0. The summed E-state index contributed by atoms with van der Waals surface area (Å²) >= 11 is 0. The largest absolute Gasteiger partial charge is 0.381 e. The Balaban J connectivity index is 3.10. The first kappa shape index (κ1) is 16.2. The molecule has 0 atom stereocenters. The molecule has 0 N–H and O–H groups in total. The van der Waals surface area contributed by atoms with E-state index >= 15 is 0 Å². The molecule has 0 amide bonds. The molecule has 0 aliphatic carbocycles. The molecule has 0 spiro atoms. The zero-order chi connectivity index (χ0) is 12.4. The minimum atomic E-state index is -3.29. The number of unbranched alkanes of at least 4 members (excludes halogenated alkanes) is 3. The van der Waals surface area contributed by atoms with Gasteiger partial charge in [0.15, 0.2) is 0 Å². The van der Waals surface area contributed by atoms with Crippen LogP contribution in [0.3, 0.4) is 0 Å². The lowest BCUT2D eigenvalue weighted by Gasteiger charge is -2.06. The third kappa shape index (κ3) is 14.2. The number of halogens is 1. The average Bonchev–Trinajstić information content (AvgIpc) is 2.13. The lowest BCUT2D eigenvalue weighted by molar-refractivity contribution is 0.120. The van der Waals surface area contributed by atoms with Crippen LogP contribution in [0.1, 0.15) is 46.0 Å². The Hall–Kier alpha value is 0.200. The molecular formula is C11H23ClO3S. The van der Waals surface area contributed by atoms with Gasteiger partial charge in [-0.1, -0.05) is 26.7 Å². The highest BCUT2D eigenvalue weighted by molar-refractivity contribution is 8.13. The predicted octanol–water partition coefficient (Wildman–Crippen LogP) is 3.18. The molecule has 0 aliphatic rings. The molecule has 0 saturated carbocycles. The van der Waals surface area contributed by atoms with E-state index in [0.29, 0.717) is 12.3 Å². The third-order valence-corrected chi connectivity index (χ3v) is 3.51. The average molecular weight is 271 g/mol. The summed E-state index contributed by atoms with van der Waals surface area (Å²) in [6.45, 7) is 5.96. The Morgan fingerprint density at radius 1 is 1.06 bits per heavy atom. The normalized spacial score (nSPS) is 12.2. The van der Waals surface area contributed by atoms with E-state index in [4.69, 9.17) is 15.4 Å². The quantitative estimate of drug-likeness (QED) is 0.452. The monoisotopic (exact) mass is 270 g/mol. The van der Waals surface area contributed by atoms with Crippen LogP contribution in [0.5, 0.6) is 0 Å². The van der Waals surface area contributed by atoms with Crippen molar-refractivity contribution in [1.29, 1.82) is 0 Å². The van der Waals surface area contributed by atoms with Gasteiger partial charge >= 0.3 is 0 Å². The molecule has 0 aromatic heterocycles. The van der Waals surface area contributed by atoms with Gasteiger partial charge in [-0.2, -0.15) is 0 Å².